The molecule has 0 aliphatic carbocycles. The molecular weight excluding hydrogens is 477 g/mol. The Kier molecular flexibility index (Phi) is 6.11. The number of carbonyl (C=O) groups excluding carboxylic acids is 2. The van der Waals surface area contributed by atoms with Gasteiger partial charge in [0.2, 0.25) is 0 Å². The summed E-state index contributed by atoms with van der Waals surface area (Å²) in [5.74, 6) is -2.09. The van der Waals surface area contributed by atoms with Crippen molar-refractivity contribution in [3.05, 3.63) is 91.9 Å². The lowest BCUT2D eigenvalue weighted by Crippen LogP contribution is -2.29. The largest absolute Gasteiger partial charge is 0.488 e. The average molecular weight is 491 g/mol. The Morgan fingerprint density at radius 1 is 0.844 bits per heavy atom. The first kappa shape index (κ1) is 22.1. The number of rotatable bonds is 6. The molecule has 0 atom stereocenters. The van der Waals surface area contributed by atoms with Gasteiger partial charge in [-0.25, -0.2) is 4.90 Å². The van der Waals surface area contributed by atoms with Gasteiger partial charge in [0.1, 0.15) is 12.4 Å². The van der Waals surface area contributed by atoms with Crippen LogP contribution < -0.4 is 9.64 Å². The van der Waals surface area contributed by atoms with Gasteiger partial charge in [0, 0.05) is 5.02 Å². The summed E-state index contributed by atoms with van der Waals surface area (Å²) in [6.07, 6.45) is -0.239. The number of nitrogens with zero attached hydrogens (tertiary/aromatic N) is 1. The molecule has 0 radical (unpaired) electrons. The Labute approximate surface area is 197 Å². The lowest BCUT2D eigenvalue weighted by molar-refractivity contribution is -0.136. The zero-order valence-electron chi connectivity index (χ0n) is 16.3. The number of carboxylic acids is 1. The van der Waals surface area contributed by atoms with Crippen LogP contribution in [0.1, 0.15) is 31.8 Å². The van der Waals surface area contributed by atoms with Gasteiger partial charge < -0.3 is 9.84 Å². The highest BCUT2D eigenvalue weighted by molar-refractivity contribution is 6.44. The third-order valence-electron chi connectivity index (χ3n) is 4.87. The van der Waals surface area contributed by atoms with E-state index in [4.69, 9.17) is 44.6 Å². The fraction of sp³-hybridized carbons (Fsp3) is 0.0870. The molecule has 162 valence electrons. The maximum atomic E-state index is 13.2. The molecule has 0 bridgehead atoms. The van der Waals surface area contributed by atoms with Crippen molar-refractivity contribution in [2.75, 3.05) is 4.90 Å². The zero-order valence-corrected chi connectivity index (χ0v) is 18.5. The van der Waals surface area contributed by atoms with Gasteiger partial charge in [0.05, 0.1) is 33.3 Å². The molecule has 1 heterocycles. The van der Waals surface area contributed by atoms with E-state index >= 15 is 0 Å². The van der Waals surface area contributed by atoms with Gasteiger partial charge in [-0.05, 0) is 47.5 Å². The molecule has 4 rings (SSSR count). The molecule has 32 heavy (non-hydrogen) atoms. The molecule has 0 aromatic heterocycles. The van der Waals surface area contributed by atoms with Crippen molar-refractivity contribution >= 4 is 58.3 Å². The third kappa shape index (κ3) is 4.17. The zero-order chi connectivity index (χ0) is 23.0. The highest BCUT2D eigenvalue weighted by Gasteiger charge is 2.41. The molecule has 1 aliphatic rings. The minimum absolute atomic E-state index is 0.0240. The summed E-state index contributed by atoms with van der Waals surface area (Å²) in [5.41, 5.74) is 1.46. The maximum Gasteiger partial charge on any atom is 0.307 e. The molecule has 3 aromatic carbocycles. The highest BCUT2D eigenvalue weighted by atomic mass is 35.5. The van der Waals surface area contributed by atoms with Gasteiger partial charge in [-0.15, -0.1) is 0 Å². The van der Waals surface area contributed by atoms with Crippen LogP contribution >= 0.6 is 34.8 Å². The van der Waals surface area contributed by atoms with E-state index in [1.165, 1.54) is 30.3 Å². The number of aliphatic carboxylic acids is 1. The Balaban J connectivity index is 1.67. The second kappa shape index (κ2) is 8.82. The number of hydrogen-bond donors (Lipinski definition) is 1. The number of hydrogen-bond acceptors (Lipinski definition) is 4. The smallest absolute Gasteiger partial charge is 0.307 e. The Bertz CT molecular complexity index is 1260. The first-order valence-electron chi connectivity index (χ1n) is 9.35. The Hall–Kier alpha value is -3.06. The molecule has 0 unspecified atom stereocenters. The summed E-state index contributed by atoms with van der Waals surface area (Å²) >= 11 is 18.4. The molecule has 3 aromatic rings. The van der Waals surface area contributed by atoms with Gasteiger partial charge >= 0.3 is 5.97 Å². The quantitative estimate of drug-likeness (QED) is 0.451. The van der Waals surface area contributed by atoms with Gasteiger partial charge in [-0.1, -0.05) is 53.0 Å². The number of imide groups is 1. The van der Waals surface area contributed by atoms with Crippen LogP contribution in [0.25, 0.3) is 0 Å². The maximum absolute atomic E-state index is 13.2. The molecule has 1 aliphatic heterocycles. The van der Waals surface area contributed by atoms with Crippen LogP contribution in [0.15, 0.2) is 54.6 Å². The van der Waals surface area contributed by atoms with Crippen LogP contribution in [0.4, 0.5) is 5.69 Å². The minimum atomic E-state index is -1.02. The first-order valence-corrected chi connectivity index (χ1v) is 10.5. The average Bonchev–Trinajstić information content (AvgIpc) is 3.00. The van der Waals surface area contributed by atoms with E-state index < -0.39 is 17.8 Å². The van der Waals surface area contributed by atoms with E-state index in [0.29, 0.717) is 10.6 Å². The monoisotopic (exact) mass is 489 g/mol. The lowest BCUT2D eigenvalue weighted by atomic mass is 10.1. The summed E-state index contributed by atoms with van der Waals surface area (Å²) in [4.78, 5) is 38.2. The molecule has 9 heteroatoms. The number of amides is 2. The van der Waals surface area contributed by atoms with Crippen molar-refractivity contribution < 1.29 is 24.2 Å². The number of anilines is 1. The van der Waals surface area contributed by atoms with E-state index in [2.05, 4.69) is 0 Å². The highest BCUT2D eigenvalue weighted by Crippen LogP contribution is 2.40. The predicted molar refractivity (Wildman–Crippen MR) is 121 cm³/mol. The molecule has 0 fully saturated rings. The number of fused-ring (bicyclic) bond motifs is 1. The van der Waals surface area contributed by atoms with Crippen molar-refractivity contribution in [1.29, 1.82) is 0 Å². The minimum Gasteiger partial charge on any atom is -0.488 e. The second-order valence-corrected chi connectivity index (χ2v) is 8.26. The van der Waals surface area contributed by atoms with Crippen molar-refractivity contribution in [2.24, 2.45) is 0 Å². The van der Waals surface area contributed by atoms with Gasteiger partial charge in [-0.3, -0.25) is 14.4 Å². The summed E-state index contributed by atoms with van der Waals surface area (Å²) in [6, 6.07) is 14.4. The van der Waals surface area contributed by atoms with Crippen molar-refractivity contribution in [3.8, 4) is 5.75 Å². The molecule has 6 nitrogen and oxygen atoms in total. The van der Waals surface area contributed by atoms with Gasteiger partial charge in [0.25, 0.3) is 11.8 Å². The number of halogens is 3. The summed E-state index contributed by atoms with van der Waals surface area (Å²) in [5, 5.41) is 9.72. The fourth-order valence-electron chi connectivity index (χ4n) is 3.39. The molecule has 1 N–H and O–H groups in total. The van der Waals surface area contributed by atoms with E-state index in [0.717, 1.165) is 10.5 Å². The van der Waals surface area contributed by atoms with Gasteiger partial charge in [-0.2, -0.15) is 0 Å². The topological polar surface area (TPSA) is 83.9 Å². The van der Waals surface area contributed by atoms with Crippen molar-refractivity contribution in [3.63, 3.8) is 0 Å². The van der Waals surface area contributed by atoms with E-state index in [1.54, 1.807) is 24.3 Å². The molecule has 0 saturated carbocycles. The normalized spacial score (nSPS) is 12.8. The molecule has 0 saturated heterocycles. The standard InChI is InChI=1S/C23H14Cl3NO5/c24-14-4-1-12(2-5-14)11-32-18-8-6-15(25)20-21(18)23(31)27(22(20)30)17-7-3-13(9-16(17)26)10-19(28)29/h1-9H,10-11H2,(H,28,29). The van der Waals surface area contributed by atoms with E-state index in [1.807, 2.05) is 0 Å². The molecule has 2 amide bonds. The SMILES string of the molecule is O=C(O)Cc1ccc(N2C(=O)c3c(Cl)ccc(OCc4ccc(Cl)cc4)c3C2=O)c(Cl)c1. The van der Waals surface area contributed by atoms with Crippen LogP contribution in [0.5, 0.6) is 5.75 Å². The van der Waals surface area contributed by atoms with Crippen LogP contribution in [-0.4, -0.2) is 22.9 Å². The van der Waals surface area contributed by atoms with E-state index in [9.17, 15) is 14.4 Å². The third-order valence-corrected chi connectivity index (χ3v) is 5.74. The number of ether oxygens (including phenoxy) is 1. The van der Waals surface area contributed by atoms with Crippen LogP contribution in [0, 0.1) is 0 Å². The first-order chi connectivity index (χ1) is 15.3. The fourth-order valence-corrected chi connectivity index (χ4v) is 4.04. The second-order valence-electron chi connectivity index (χ2n) is 7.01. The molecular formula is C23H14Cl3NO5. The molecule has 0 spiro atoms. The number of carbonyl (C=O) groups is 3. The number of carboxylic acid groups (broad SMARTS) is 1. The summed E-state index contributed by atoms with van der Waals surface area (Å²) in [6.45, 7) is 0.150. The van der Waals surface area contributed by atoms with Crippen LogP contribution in [0.2, 0.25) is 15.1 Å². The van der Waals surface area contributed by atoms with Crippen molar-refractivity contribution in [2.45, 2.75) is 13.0 Å². The summed E-state index contributed by atoms with van der Waals surface area (Å²) in [7, 11) is 0. The number of benzene rings is 3. The van der Waals surface area contributed by atoms with Crippen molar-refractivity contribution in [1.82, 2.24) is 0 Å². The van der Waals surface area contributed by atoms with Gasteiger partial charge in [0.15, 0.2) is 0 Å². The van der Waals surface area contributed by atoms with Crippen LogP contribution in [-0.2, 0) is 17.8 Å². The van der Waals surface area contributed by atoms with E-state index in [-0.39, 0.29) is 45.6 Å². The Morgan fingerprint density at radius 2 is 1.50 bits per heavy atom. The summed E-state index contributed by atoms with van der Waals surface area (Å²) < 4.78 is 5.83. The lowest BCUT2D eigenvalue weighted by Gasteiger charge is -2.16. The van der Waals surface area contributed by atoms with Crippen LogP contribution in [0.3, 0.4) is 0 Å². The Morgan fingerprint density at radius 3 is 2.16 bits per heavy atom. The predicted octanol–water partition coefficient (Wildman–Crippen LogP) is 5.65.